The zero-order chi connectivity index (χ0) is 15.4. The average molecular weight is 294 g/mol. The Morgan fingerprint density at radius 3 is 2.57 bits per heavy atom. The molecule has 0 aliphatic rings. The molecule has 2 rings (SSSR count). The highest BCUT2D eigenvalue weighted by atomic mass is 19.1. The molecule has 1 aromatic heterocycles. The topological polar surface area (TPSA) is 80.1 Å². The summed E-state index contributed by atoms with van der Waals surface area (Å²) in [6, 6.07) is 5.73. The minimum atomic E-state index is -0.693. The Kier molecular flexibility index (Phi) is 4.27. The number of nitrogens with zero attached hydrogens (tertiary/aromatic N) is 2. The second-order valence-electron chi connectivity index (χ2n) is 4.19. The first kappa shape index (κ1) is 14.6. The normalized spacial score (nSPS) is 10.2. The molecule has 0 aliphatic carbocycles. The number of aromatic nitrogens is 1. The fourth-order valence-electron chi connectivity index (χ4n) is 1.69. The van der Waals surface area contributed by atoms with Gasteiger partial charge >= 0.3 is 0 Å². The molecule has 21 heavy (non-hydrogen) atoms. The van der Waals surface area contributed by atoms with Crippen LogP contribution in [0.15, 0.2) is 30.3 Å². The van der Waals surface area contributed by atoms with Crippen molar-refractivity contribution in [2.75, 3.05) is 17.7 Å². The maximum Gasteiger partial charge on any atom is 0.276 e. The standard InChI is InChI=1S/C13H12F2N4O2/c1-16-12-5-10(19(20)21)6-13(18-12)17-7-8-2-3-9(14)4-11(8)15/h2-6H,7H2,1H3,(H2,16,17,18). The van der Waals surface area contributed by atoms with Crippen molar-refractivity contribution in [1.82, 2.24) is 4.98 Å². The maximum atomic E-state index is 13.5. The first-order valence-electron chi connectivity index (χ1n) is 6.01. The molecule has 0 saturated carbocycles. The molecule has 2 N–H and O–H groups in total. The third-order valence-electron chi connectivity index (χ3n) is 2.75. The Morgan fingerprint density at radius 1 is 1.24 bits per heavy atom. The van der Waals surface area contributed by atoms with Crippen molar-refractivity contribution in [1.29, 1.82) is 0 Å². The minimum absolute atomic E-state index is 0.0312. The van der Waals surface area contributed by atoms with E-state index in [-0.39, 0.29) is 23.6 Å². The summed E-state index contributed by atoms with van der Waals surface area (Å²) in [5, 5.41) is 16.3. The monoisotopic (exact) mass is 294 g/mol. The van der Waals surface area contributed by atoms with Crippen LogP contribution >= 0.6 is 0 Å². The number of pyridine rings is 1. The predicted molar refractivity (Wildman–Crippen MR) is 74.1 cm³/mol. The van der Waals surface area contributed by atoms with Gasteiger partial charge in [-0.1, -0.05) is 6.07 Å². The lowest BCUT2D eigenvalue weighted by Gasteiger charge is -2.08. The van der Waals surface area contributed by atoms with Crippen LogP contribution in [0, 0.1) is 21.7 Å². The predicted octanol–water partition coefficient (Wildman–Crippen LogP) is 2.92. The number of nitro groups is 1. The lowest BCUT2D eigenvalue weighted by molar-refractivity contribution is -0.384. The van der Waals surface area contributed by atoms with Gasteiger partial charge in [0.05, 0.1) is 17.1 Å². The molecule has 0 spiro atoms. The van der Waals surface area contributed by atoms with Crippen LogP contribution in [0.3, 0.4) is 0 Å². The summed E-state index contributed by atoms with van der Waals surface area (Å²) in [7, 11) is 1.58. The largest absolute Gasteiger partial charge is 0.373 e. The SMILES string of the molecule is CNc1cc([N+](=O)[O-])cc(NCc2ccc(F)cc2F)n1. The van der Waals surface area contributed by atoms with Crippen LogP contribution < -0.4 is 10.6 Å². The van der Waals surface area contributed by atoms with Crippen LogP contribution in [0.25, 0.3) is 0 Å². The molecule has 0 amide bonds. The van der Waals surface area contributed by atoms with Crippen molar-refractivity contribution >= 4 is 17.3 Å². The van der Waals surface area contributed by atoms with Gasteiger partial charge in [0.15, 0.2) is 0 Å². The summed E-state index contributed by atoms with van der Waals surface area (Å²) in [6.07, 6.45) is 0. The minimum Gasteiger partial charge on any atom is -0.373 e. The van der Waals surface area contributed by atoms with E-state index in [1.165, 1.54) is 18.2 Å². The second-order valence-corrected chi connectivity index (χ2v) is 4.19. The van der Waals surface area contributed by atoms with Gasteiger partial charge in [0, 0.05) is 25.2 Å². The lowest BCUT2D eigenvalue weighted by atomic mass is 10.2. The van der Waals surface area contributed by atoms with Crippen molar-refractivity contribution < 1.29 is 13.7 Å². The number of hydrogen-bond acceptors (Lipinski definition) is 5. The third kappa shape index (κ3) is 3.62. The fourth-order valence-corrected chi connectivity index (χ4v) is 1.69. The van der Waals surface area contributed by atoms with Gasteiger partial charge < -0.3 is 10.6 Å². The van der Waals surface area contributed by atoms with E-state index in [1.807, 2.05) is 0 Å². The molecule has 0 saturated heterocycles. The molecule has 1 aromatic carbocycles. The van der Waals surface area contributed by atoms with Gasteiger partial charge in [-0.25, -0.2) is 13.8 Å². The van der Waals surface area contributed by atoms with Gasteiger partial charge in [0.2, 0.25) is 0 Å². The molecule has 0 radical (unpaired) electrons. The average Bonchev–Trinajstić information content (AvgIpc) is 2.46. The summed E-state index contributed by atoms with van der Waals surface area (Å²) in [5.74, 6) is -0.826. The Bertz CT molecular complexity index is 679. The molecule has 8 heteroatoms. The smallest absolute Gasteiger partial charge is 0.276 e. The summed E-state index contributed by atoms with van der Waals surface area (Å²) in [6.45, 7) is 0.0312. The number of nitrogens with one attached hydrogen (secondary N) is 2. The molecule has 110 valence electrons. The van der Waals surface area contributed by atoms with Crippen molar-refractivity contribution in [3.63, 3.8) is 0 Å². The zero-order valence-electron chi connectivity index (χ0n) is 11.1. The highest BCUT2D eigenvalue weighted by molar-refractivity contribution is 5.54. The number of hydrogen-bond donors (Lipinski definition) is 2. The summed E-state index contributed by atoms with van der Waals surface area (Å²) in [4.78, 5) is 14.3. The Labute approximate surface area is 119 Å². The van der Waals surface area contributed by atoms with Gasteiger partial charge in [-0.15, -0.1) is 0 Å². The van der Waals surface area contributed by atoms with Crippen LogP contribution in [0.1, 0.15) is 5.56 Å². The Morgan fingerprint density at radius 2 is 1.95 bits per heavy atom. The van der Waals surface area contributed by atoms with Gasteiger partial charge in [-0.3, -0.25) is 10.1 Å². The van der Waals surface area contributed by atoms with Crippen molar-refractivity contribution in [3.05, 3.63) is 57.6 Å². The van der Waals surface area contributed by atoms with E-state index in [9.17, 15) is 18.9 Å². The first-order valence-corrected chi connectivity index (χ1v) is 6.01. The molecule has 1 heterocycles. The Balaban J connectivity index is 2.19. The molecule has 0 fully saturated rings. The molecular formula is C13H12F2N4O2. The summed E-state index contributed by atoms with van der Waals surface area (Å²) < 4.78 is 26.3. The van der Waals surface area contributed by atoms with E-state index in [0.717, 1.165) is 12.1 Å². The van der Waals surface area contributed by atoms with Crippen LogP contribution in [0.5, 0.6) is 0 Å². The van der Waals surface area contributed by atoms with Crippen molar-refractivity contribution in [3.8, 4) is 0 Å². The van der Waals surface area contributed by atoms with E-state index < -0.39 is 16.6 Å². The number of halogens is 2. The first-order chi connectivity index (χ1) is 9.99. The number of benzene rings is 1. The van der Waals surface area contributed by atoms with E-state index in [1.54, 1.807) is 7.05 Å². The van der Waals surface area contributed by atoms with Crippen molar-refractivity contribution in [2.45, 2.75) is 6.54 Å². The van der Waals surface area contributed by atoms with E-state index in [0.29, 0.717) is 5.82 Å². The summed E-state index contributed by atoms with van der Waals surface area (Å²) in [5.41, 5.74) is 0.0899. The second kappa shape index (κ2) is 6.12. The van der Waals surface area contributed by atoms with E-state index >= 15 is 0 Å². The van der Waals surface area contributed by atoms with Crippen molar-refractivity contribution in [2.24, 2.45) is 0 Å². The van der Waals surface area contributed by atoms with E-state index in [2.05, 4.69) is 15.6 Å². The van der Waals surface area contributed by atoms with Crippen LogP contribution in [0.2, 0.25) is 0 Å². The van der Waals surface area contributed by atoms with Crippen LogP contribution in [-0.4, -0.2) is 17.0 Å². The molecule has 6 nitrogen and oxygen atoms in total. The van der Waals surface area contributed by atoms with Gasteiger partial charge in [-0.2, -0.15) is 0 Å². The zero-order valence-corrected chi connectivity index (χ0v) is 11.1. The molecule has 0 bridgehead atoms. The van der Waals surface area contributed by atoms with Gasteiger partial charge in [-0.05, 0) is 6.07 Å². The van der Waals surface area contributed by atoms with E-state index in [4.69, 9.17) is 0 Å². The third-order valence-corrected chi connectivity index (χ3v) is 2.75. The number of rotatable bonds is 5. The molecule has 2 aromatic rings. The fraction of sp³-hybridized carbons (Fsp3) is 0.154. The van der Waals surface area contributed by atoms with Crippen LogP contribution in [0.4, 0.5) is 26.1 Å². The summed E-state index contributed by atoms with van der Waals surface area (Å²) >= 11 is 0. The lowest BCUT2D eigenvalue weighted by Crippen LogP contribution is -2.06. The Hall–Kier alpha value is -2.77. The highest BCUT2D eigenvalue weighted by Crippen LogP contribution is 2.21. The van der Waals surface area contributed by atoms with Gasteiger partial charge in [0.25, 0.3) is 5.69 Å². The number of anilines is 2. The molecule has 0 aliphatic heterocycles. The molecule has 0 atom stereocenters. The van der Waals surface area contributed by atoms with Gasteiger partial charge in [0.1, 0.15) is 23.3 Å². The maximum absolute atomic E-state index is 13.5. The highest BCUT2D eigenvalue weighted by Gasteiger charge is 2.11. The molecule has 0 unspecified atom stereocenters. The van der Waals surface area contributed by atoms with Crippen LogP contribution in [-0.2, 0) is 6.54 Å². The molecular weight excluding hydrogens is 282 g/mol. The quantitative estimate of drug-likeness (QED) is 0.654.